The van der Waals surface area contributed by atoms with Gasteiger partial charge in [-0.25, -0.2) is 9.78 Å². The molecule has 0 bridgehead atoms. The van der Waals surface area contributed by atoms with E-state index in [1.165, 1.54) is 6.07 Å². The summed E-state index contributed by atoms with van der Waals surface area (Å²) in [5.41, 5.74) is 5.27. The van der Waals surface area contributed by atoms with Gasteiger partial charge in [-0.2, -0.15) is 0 Å². The quantitative estimate of drug-likeness (QED) is 0.781. The first-order valence-electron chi connectivity index (χ1n) is 5.36. The Balaban J connectivity index is 2.30. The van der Waals surface area contributed by atoms with Crippen LogP contribution in [0.15, 0.2) is 18.2 Å². The molecule has 2 rings (SSSR count). The van der Waals surface area contributed by atoms with Crippen molar-refractivity contribution in [1.29, 1.82) is 0 Å². The Morgan fingerprint density at radius 3 is 2.88 bits per heavy atom. The Hall–Kier alpha value is -2.11. The maximum Gasteiger partial charge on any atom is 0.354 e. The van der Waals surface area contributed by atoms with Crippen LogP contribution in [0, 0.1) is 0 Å². The number of carboxylic acids is 1. The lowest BCUT2D eigenvalue weighted by Crippen LogP contribution is -2.40. The highest BCUT2D eigenvalue weighted by atomic mass is 16.4. The third kappa shape index (κ3) is 2.20. The van der Waals surface area contributed by atoms with Crippen molar-refractivity contribution in [2.45, 2.75) is 18.9 Å². The second-order valence-electron chi connectivity index (χ2n) is 3.94. The number of primary amides is 1. The minimum Gasteiger partial charge on any atom is -0.477 e. The van der Waals surface area contributed by atoms with Gasteiger partial charge in [0.15, 0.2) is 5.69 Å². The Kier molecular flexibility index (Phi) is 2.95. The Morgan fingerprint density at radius 2 is 2.24 bits per heavy atom. The molecule has 6 heteroatoms. The van der Waals surface area contributed by atoms with Crippen LogP contribution in [0.25, 0.3) is 0 Å². The van der Waals surface area contributed by atoms with E-state index < -0.39 is 11.9 Å². The summed E-state index contributed by atoms with van der Waals surface area (Å²) < 4.78 is 0. The fourth-order valence-electron chi connectivity index (χ4n) is 2.04. The summed E-state index contributed by atoms with van der Waals surface area (Å²) in [7, 11) is 0. The van der Waals surface area contributed by atoms with Crippen molar-refractivity contribution in [3.05, 3.63) is 23.9 Å². The molecule has 0 saturated carbocycles. The van der Waals surface area contributed by atoms with Crippen molar-refractivity contribution in [3.63, 3.8) is 0 Å². The summed E-state index contributed by atoms with van der Waals surface area (Å²) >= 11 is 0. The lowest BCUT2D eigenvalue weighted by Gasteiger charge is -2.23. The topological polar surface area (TPSA) is 96.5 Å². The first-order chi connectivity index (χ1) is 8.09. The zero-order chi connectivity index (χ0) is 12.4. The molecule has 0 aliphatic carbocycles. The van der Waals surface area contributed by atoms with Crippen molar-refractivity contribution in [3.8, 4) is 0 Å². The van der Waals surface area contributed by atoms with Gasteiger partial charge in [0.2, 0.25) is 5.91 Å². The Labute approximate surface area is 98.1 Å². The molecule has 0 unspecified atom stereocenters. The molecule has 0 aromatic carbocycles. The van der Waals surface area contributed by atoms with Crippen molar-refractivity contribution >= 4 is 17.7 Å². The monoisotopic (exact) mass is 235 g/mol. The molecule has 90 valence electrons. The molecule has 0 spiro atoms. The van der Waals surface area contributed by atoms with E-state index in [4.69, 9.17) is 10.8 Å². The first kappa shape index (κ1) is 11.4. The zero-order valence-corrected chi connectivity index (χ0v) is 9.17. The van der Waals surface area contributed by atoms with E-state index in [1.54, 1.807) is 17.0 Å². The van der Waals surface area contributed by atoms with Crippen LogP contribution in [-0.2, 0) is 4.79 Å². The molecule has 6 nitrogen and oxygen atoms in total. The van der Waals surface area contributed by atoms with Gasteiger partial charge >= 0.3 is 5.97 Å². The van der Waals surface area contributed by atoms with E-state index in [0.29, 0.717) is 18.8 Å². The first-order valence-corrected chi connectivity index (χ1v) is 5.36. The maximum atomic E-state index is 11.2. The van der Waals surface area contributed by atoms with Gasteiger partial charge in [-0.3, -0.25) is 4.79 Å². The van der Waals surface area contributed by atoms with E-state index in [1.807, 2.05) is 0 Å². The molecule has 1 aromatic heterocycles. The van der Waals surface area contributed by atoms with Gasteiger partial charge in [0, 0.05) is 6.54 Å². The number of carbonyl (C=O) groups is 2. The molecule has 2 heterocycles. The molecule has 1 aliphatic heterocycles. The molecule has 1 fully saturated rings. The minimum absolute atomic E-state index is 0.0300. The highest BCUT2D eigenvalue weighted by Crippen LogP contribution is 2.23. The maximum absolute atomic E-state index is 11.2. The van der Waals surface area contributed by atoms with Gasteiger partial charge in [0.25, 0.3) is 0 Å². The van der Waals surface area contributed by atoms with E-state index in [9.17, 15) is 9.59 Å². The van der Waals surface area contributed by atoms with Crippen LogP contribution in [0.5, 0.6) is 0 Å². The van der Waals surface area contributed by atoms with Crippen LogP contribution in [0.1, 0.15) is 23.3 Å². The number of aromatic carboxylic acids is 1. The third-order valence-corrected chi connectivity index (χ3v) is 2.83. The number of anilines is 1. The summed E-state index contributed by atoms with van der Waals surface area (Å²) in [6.07, 6.45) is 1.54. The molecule has 1 atom stereocenters. The lowest BCUT2D eigenvalue weighted by molar-refractivity contribution is -0.119. The van der Waals surface area contributed by atoms with Crippen molar-refractivity contribution < 1.29 is 14.7 Å². The average molecular weight is 235 g/mol. The SMILES string of the molecule is NC(=O)[C@@H]1CCCN1c1cccc(C(=O)O)n1. The van der Waals surface area contributed by atoms with Crippen LogP contribution in [0.2, 0.25) is 0 Å². The van der Waals surface area contributed by atoms with Crippen LogP contribution < -0.4 is 10.6 Å². The number of pyridine rings is 1. The molecular formula is C11H13N3O3. The highest BCUT2D eigenvalue weighted by Gasteiger charge is 2.30. The van der Waals surface area contributed by atoms with Gasteiger partial charge in [0.1, 0.15) is 11.9 Å². The largest absolute Gasteiger partial charge is 0.477 e. The Bertz CT molecular complexity index is 461. The van der Waals surface area contributed by atoms with Gasteiger partial charge < -0.3 is 15.7 Å². The van der Waals surface area contributed by atoms with Crippen LogP contribution >= 0.6 is 0 Å². The summed E-state index contributed by atoms with van der Waals surface area (Å²) in [6.45, 7) is 0.670. The number of nitrogens with two attached hydrogens (primary N) is 1. The molecular weight excluding hydrogens is 222 g/mol. The number of carboxylic acid groups (broad SMARTS) is 1. The molecule has 1 aliphatic rings. The van der Waals surface area contributed by atoms with E-state index in [0.717, 1.165) is 6.42 Å². The fraction of sp³-hybridized carbons (Fsp3) is 0.364. The lowest BCUT2D eigenvalue weighted by atomic mass is 10.2. The Morgan fingerprint density at radius 1 is 1.47 bits per heavy atom. The predicted octanol–water partition coefficient (Wildman–Crippen LogP) is 0.234. The number of hydrogen-bond donors (Lipinski definition) is 2. The second kappa shape index (κ2) is 4.40. The predicted molar refractivity (Wildman–Crippen MR) is 60.8 cm³/mol. The molecule has 3 N–H and O–H groups in total. The van der Waals surface area contributed by atoms with Crippen LogP contribution in [0.3, 0.4) is 0 Å². The fourth-order valence-corrected chi connectivity index (χ4v) is 2.04. The highest BCUT2D eigenvalue weighted by molar-refractivity contribution is 5.87. The smallest absolute Gasteiger partial charge is 0.354 e. The molecule has 17 heavy (non-hydrogen) atoms. The summed E-state index contributed by atoms with van der Waals surface area (Å²) in [5.74, 6) is -0.988. The standard InChI is InChI=1S/C11H13N3O3/c12-10(15)8-4-2-6-14(8)9-5-1-3-7(13-9)11(16)17/h1,3,5,8H,2,4,6H2,(H2,12,15)(H,16,17)/t8-/m0/s1. The molecule has 1 aromatic rings. The average Bonchev–Trinajstić information content (AvgIpc) is 2.78. The molecule has 1 amide bonds. The van der Waals surface area contributed by atoms with Gasteiger partial charge in [-0.05, 0) is 25.0 Å². The van der Waals surface area contributed by atoms with Crippen LogP contribution in [0.4, 0.5) is 5.82 Å². The van der Waals surface area contributed by atoms with Gasteiger partial charge in [-0.15, -0.1) is 0 Å². The number of rotatable bonds is 3. The number of carbonyl (C=O) groups excluding carboxylic acids is 1. The van der Waals surface area contributed by atoms with Crippen molar-refractivity contribution in [2.75, 3.05) is 11.4 Å². The zero-order valence-electron chi connectivity index (χ0n) is 9.17. The normalized spacial score (nSPS) is 19.3. The number of aromatic nitrogens is 1. The van der Waals surface area contributed by atoms with Crippen molar-refractivity contribution in [2.24, 2.45) is 5.73 Å². The van der Waals surface area contributed by atoms with Gasteiger partial charge in [-0.1, -0.05) is 6.07 Å². The minimum atomic E-state index is -1.08. The molecule has 1 saturated heterocycles. The van der Waals surface area contributed by atoms with E-state index >= 15 is 0 Å². The second-order valence-corrected chi connectivity index (χ2v) is 3.94. The number of nitrogens with zero attached hydrogens (tertiary/aromatic N) is 2. The van der Waals surface area contributed by atoms with E-state index in [2.05, 4.69) is 4.98 Å². The molecule has 0 radical (unpaired) electrons. The third-order valence-electron chi connectivity index (χ3n) is 2.83. The van der Waals surface area contributed by atoms with Gasteiger partial charge in [0.05, 0.1) is 0 Å². The van der Waals surface area contributed by atoms with Crippen molar-refractivity contribution in [1.82, 2.24) is 4.98 Å². The number of hydrogen-bond acceptors (Lipinski definition) is 4. The number of amides is 1. The van der Waals surface area contributed by atoms with Crippen LogP contribution in [-0.4, -0.2) is 34.6 Å². The summed E-state index contributed by atoms with van der Waals surface area (Å²) in [6, 6.07) is 4.34. The summed E-state index contributed by atoms with van der Waals surface area (Å²) in [5, 5.41) is 8.85. The van der Waals surface area contributed by atoms with E-state index in [-0.39, 0.29) is 11.7 Å². The summed E-state index contributed by atoms with van der Waals surface area (Å²) in [4.78, 5) is 27.8.